The van der Waals surface area contributed by atoms with Gasteiger partial charge in [-0.25, -0.2) is 0 Å². The molecule has 0 saturated heterocycles. The third kappa shape index (κ3) is 3.23. The van der Waals surface area contributed by atoms with E-state index in [2.05, 4.69) is 21.0 Å². The van der Waals surface area contributed by atoms with Gasteiger partial charge < -0.3 is 4.74 Å². The third-order valence-electron chi connectivity index (χ3n) is 2.81. The van der Waals surface area contributed by atoms with Crippen molar-refractivity contribution in [2.45, 2.75) is 20.4 Å². The molecule has 0 aliphatic heterocycles. The maximum atomic E-state index is 11.4. The van der Waals surface area contributed by atoms with Crippen LogP contribution in [-0.4, -0.2) is 22.4 Å². The number of hydrogen-bond acceptors (Lipinski definition) is 3. The van der Waals surface area contributed by atoms with E-state index in [0.29, 0.717) is 6.61 Å². The minimum atomic E-state index is -0.275. The summed E-state index contributed by atoms with van der Waals surface area (Å²) in [4.78, 5) is 11.4. The van der Waals surface area contributed by atoms with Crippen LogP contribution in [-0.2, 0) is 16.1 Å². The largest absolute Gasteiger partial charge is 0.465 e. The summed E-state index contributed by atoms with van der Waals surface area (Å²) in [6, 6.07) is 6.02. The molecule has 1 heterocycles. The van der Waals surface area contributed by atoms with Crippen LogP contribution in [0.2, 0.25) is 0 Å². The van der Waals surface area contributed by atoms with E-state index in [4.69, 9.17) is 4.74 Å². The first kappa shape index (κ1) is 13.8. The van der Waals surface area contributed by atoms with E-state index >= 15 is 0 Å². The molecule has 19 heavy (non-hydrogen) atoms. The van der Waals surface area contributed by atoms with Gasteiger partial charge in [0, 0.05) is 16.2 Å². The fourth-order valence-corrected chi connectivity index (χ4v) is 2.21. The molecule has 0 spiro atoms. The number of rotatable bonds is 4. The zero-order valence-electron chi connectivity index (χ0n) is 10.9. The number of carbonyl (C=O) groups excluding carboxylic acids is 1. The molecule has 0 saturated carbocycles. The summed E-state index contributed by atoms with van der Waals surface area (Å²) in [5, 5.41) is 4.19. The fraction of sp³-hybridized carbons (Fsp3) is 0.286. The summed E-state index contributed by atoms with van der Waals surface area (Å²) < 4.78 is 7.55. The Morgan fingerprint density at radius 2 is 2.26 bits per heavy atom. The summed E-state index contributed by atoms with van der Waals surface area (Å²) >= 11 is 3.51. The van der Waals surface area contributed by atoms with Crippen molar-refractivity contribution >= 4 is 21.9 Å². The first-order valence-electron chi connectivity index (χ1n) is 6.05. The molecule has 2 aromatic rings. The van der Waals surface area contributed by atoms with Crippen LogP contribution >= 0.6 is 15.9 Å². The van der Waals surface area contributed by atoms with Gasteiger partial charge >= 0.3 is 5.97 Å². The lowest BCUT2D eigenvalue weighted by Gasteiger charge is -2.05. The van der Waals surface area contributed by atoms with Crippen molar-refractivity contribution < 1.29 is 9.53 Å². The number of aromatic nitrogens is 2. The summed E-state index contributed by atoms with van der Waals surface area (Å²) in [5.74, 6) is -0.275. The zero-order chi connectivity index (χ0) is 13.8. The van der Waals surface area contributed by atoms with Crippen molar-refractivity contribution in [1.29, 1.82) is 0 Å². The van der Waals surface area contributed by atoms with E-state index in [-0.39, 0.29) is 12.5 Å². The molecule has 2 rings (SSSR count). The smallest absolute Gasteiger partial charge is 0.327 e. The molecule has 1 aromatic heterocycles. The van der Waals surface area contributed by atoms with Crippen LogP contribution in [0.1, 0.15) is 12.5 Å². The van der Waals surface area contributed by atoms with E-state index < -0.39 is 0 Å². The summed E-state index contributed by atoms with van der Waals surface area (Å²) in [7, 11) is 0. The molecule has 0 aliphatic carbocycles. The number of hydrogen-bond donors (Lipinski definition) is 0. The molecular formula is C14H15BrN2O2. The molecule has 0 aliphatic rings. The highest BCUT2D eigenvalue weighted by atomic mass is 79.9. The van der Waals surface area contributed by atoms with Crippen molar-refractivity contribution in [2.24, 2.45) is 0 Å². The second-order valence-electron chi connectivity index (χ2n) is 4.14. The van der Waals surface area contributed by atoms with Crippen LogP contribution in [0.15, 0.2) is 35.1 Å². The highest BCUT2D eigenvalue weighted by Gasteiger charge is 2.09. The van der Waals surface area contributed by atoms with Crippen molar-refractivity contribution in [3.05, 3.63) is 40.6 Å². The van der Waals surface area contributed by atoms with Crippen molar-refractivity contribution in [1.82, 2.24) is 9.78 Å². The minimum Gasteiger partial charge on any atom is -0.465 e. The normalized spacial score (nSPS) is 10.5. The van der Waals surface area contributed by atoms with Gasteiger partial charge in [0.2, 0.25) is 0 Å². The standard InChI is InChI=1S/C14H15BrN2O2/c1-3-19-14(18)9-17-8-11(7-16-17)12-5-4-6-13(15)10(12)2/h4-8H,3,9H2,1-2H3. The average Bonchev–Trinajstić information content (AvgIpc) is 2.81. The van der Waals surface area contributed by atoms with Gasteiger partial charge in [0.15, 0.2) is 0 Å². The van der Waals surface area contributed by atoms with Crippen molar-refractivity contribution in [2.75, 3.05) is 6.61 Å². The minimum absolute atomic E-state index is 0.140. The number of esters is 1. The molecule has 0 atom stereocenters. The average molecular weight is 323 g/mol. The van der Waals surface area contributed by atoms with Crippen LogP contribution in [0.3, 0.4) is 0 Å². The van der Waals surface area contributed by atoms with E-state index in [1.54, 1.807) is 17.8 Å². The molecule has 0 radical (unpaired) electrons. The van der Waals surface area contributed by atoms with Crippen molar-refractivity contribution in [3.8, 4) is 11.1 Å². The molecule has 0 N–H and O–H groups in total. The lowest BCUT2D eigenvalue weighted by Crippen LogP contribution is -2.13. The highest BCUT2D eigenvalue weighted by molar-refractivity contribution is 9.10. The monoisotopic (exact) mass is 322 g/mol. The van der Waals surface area contributed by atoms with Gasteiger partial charge in [-0.3, -0.25) is 9.48 Å². The Morgan fingerprint density at radius 3 is 3.00 bits per heavy atom. The summed E-state index contributed by atoms with van der Waals surface area (Å²) in [5.41, 5.74) is 3.24. The zero-order valence-corrected chi connectivity index (χ0v) is 12.5. The second kappa shape index (κ2) is 6.02. The number of nitrogens with zero attached hydrogens (tertiary/aromatic N) is 2. The van der Waals surface area contributed by atoms with Crippen LogP contribution < -0.4 is 0 Å². The van der Waals surface area contributed by atoms with Crippen LogP contribution in [0, 0.1) is 6.92 Å². The Morgan fingerprint density at radius 1 is 1.47 bits per heavy atom. The van der Waals surface area contributed by atoms with Gasteiger partial charge in [0.05, 0.1) is 12.8 Å². The number of carbonyl (C=O) groups is 1. The van der Waals surface area contributed by atoms with E-state index in [9.17, 15) is 4.79 Å². The predicted octanol–water partition coefficient (Wildman–Crippen LogP) is 3.18. The fourth-order valence-electron chi connectivity index (χ4n) is 1.85. The maximum Gasteiger partial charge on any atom is 0.327 e. The van der Waals surface area contributed by atoms with E-state index in [0.717, 1.165) is 21.2 Å². The van der Waals surface area contributed by atoms with Crippen molar-refractivity contribution in [3.63, 3.8) is 0 Å². The van der Waals surface area contributed by atoms with Gasteiger partial charge in [-0.05, 0) is 31.0 Å². The van der Waals surface area contributed by atoms with Crippen LogP contribution in [0.5, 0.6) is 0 Å². The lowest BCUT2D eigenvalue weighted by molar-refractivity contribution is -0.144. The Bertz CT molecular complexity index is 593. The van der Waals surface area contributed by atoms with Crippen LogP contribution in [0.25, 0.3) is 11.1 Å². The molecule has 0 bridgehead atoms. The molecule has 1 aromatic carbocycles. The van der Waals surface area contributed by atoms with Gasteiger partial charge in [-0.1, -0.05) is 28.1 Å². The SMILES string of the molecule is CCOC(=O)Cn1cc(-c2cccc(Br)c2C)cn1. The summed E-state index contributed by atoms with van der Waals surface area (Å²) in [6.07, 6.45) is 3.61. The van der Waals surface area contributed by atoms with Gasteiger partial charge in [-0.2, -0.15) is 5.10 Å². The molecular weight excluding hydrogens is 308 g/mol. The molecule has 0 amide bonds. The van der Waals surface area contributed by atoms with Gasteiger partial charge in [0.1, 0.15) is 6.54 Å². The Balaban J connectivity index is 2.21. The molecule has 100 valence electrons. The first-order chi connectivity index (χ1) is 9.11. The summed E-state index contributed by atoms with van der Waals surface area (Å²) in [6.45, 7) is 4.36. The Kier molecular flexibility index (Phi) is 4.37. The molecule has 5 heteroatoms. The number of ether oxygens (including phenoxy) is 1. The molecule has 0 fully saturated rings. The number of benzene rings is 1. The van der Waals surface area contributed by atoms with E-state index in [1.807, 2.05) is 31.3 Å². The maximum absolute atomic E-state index is 11.4. The van der Waals surface area contributed by atoms with Crippen LogP contribution in [0.4, 0.5) is 0 Å². The van der Waals surface area contributed by atoms with Gasteiger partial charge in [-0.15, -0.1) is 0 Å². The Labute approximate surface area is 120 Å². The van der Waals surface area contributed by atoms with Gasteiger partial charge in [0.25, 0.3) is 0 Å². The quantitative estimate of drug-likeness (QED) is 0.812. The highest BCUT2D eigenvalue weighted by Crippen LogP contribution is 2.28. The first-order valence-corrected chi connectivity index (χ1v) is 6.84. The lowest BCUT2D eigenvalue weighted by atomic mass is 10.0. The predicted molar refractivity (Wildman–Crippen MR) is 76.7 cm³/mol. The Hall–Kier alpha value is -1.62. The van der Waals surface area contributed by atoms with E-state index in [1.165, 1.54) is 0 Å². The number of halogens is 1. The second-order valence-corrected chi connectivity index (χ2v) is 5.00. The third-order valence-corrected chi connectivity index (χ3v) is 3.67. The molecule has 4 nitrogen and oxygen atoms in total. The molecule has 0 unspecified atom stereocenters. The topological polar surface area (TPSA) is 44.1 Å².